The summed E-state index contributed by atoms with van der Waals surface area (Å²) >= 11 is 0. The third kappa shape index (κ3) is 3.57. The number of rotatable bonds is 5. The molecule has 2 unspecified atom stereocenters. The monoisotopic (exact) mass is 274 g/mol. The van der Waals surface area contributed by atoms with Crippen LogP contribution >= 0.6 is 0 Å². The summed E-state index contributed by atoms with van der Waals surface area (Å²) in [4.78, 5) is 0. The van der Waals surface area contributed by atoms with Crippen LogP contribution in [0.25, 0.3) is 0 Å². The number of ether oxygens (including phenoxy) is 2. The van der Waals surface area contributed by atoms with E-state index in [4.69, 9.17) is 4.74 Å². The summed E-state index contributed by atoms with van der Waals surface area (Å²) in [7, 11) is 0. The highest BCUT2D eigenvalue weighted by atomic mass is 19.4. The van der Waals surface area contributed by atoms with E-state index in [0.717, 1.165) is 5.57 Å². The summed E-state index contributed by atoms with van der Waals surface area (Å²) in [6.45, 7) is 3.87. The third-order valence-corrected chi connectivity index (χ3v) is 2.49. The van der Waals surface area contributed by atoms with Gasteiger partial charge in [0.2, 0.25) is 0 Å². The summed E-state index contributed by atoms with van der Waals surface area (Å²) in [5, 5.41) is 0. The third-order valence-electron chi connectivity index (χ3n) is 2.49. The van der Waals surface area contributed by atoms with E-state index in [9.17, 15) is 22.0 Å². The molecule has 1 rings (SSSR count). The van der Waals surface area contributed by atoms with Crippen LogP contribution in [-0.4, -0.2) is 30.9 Å². The van der Waals surface area contributed by atoms with Gasteiger partial charge in [0.1, 0.15) is 6.10 Å². The lowest BCUT2D eigenvalue weighted by Crippen LogP contribution is -2.56. The highest BCUT2D eigenvalue weighted by molar-refractivity contribution is 4.93. The van der Waals surface area contributed by atoms with Crippen molar-refractivity contribution in [1.29, 1.82) is 0 Å². The largest absolute Gasteiger partial charge is 0.501 e. The van der Waals surface area contributed by atoms with Gasteiger partial charge in [-0.2, -0.15) is 22.0 Å². The molecule has 0 aromatic rings. The van der Waals surface area contributed by atoms with Crippen LogP contribution in [0.15, 0.2) is 11.8 Å². The number of halogens is 5. The van der Waals surface area contributed by atoms with Crippen molar-refractivity contribution in [2.45, 2.75) is 51.0 Å². The molecule has 0 aliphatic carbocycles. The molecule has 0 spiro atoms. The van der Waals surface area contributed by atoms with E-state index >= 15 is 0 Å². The van der Waals surface area contributed by atoms with Gasteiger partial charge >= 0.3 is 12.1 Å². The van der Waals surface area contributed by atoms with Gasteiger partial charge in [-0.1, -0.05) is 0 Å². The van der Waals surface area contributed by atoms with Crippen LogP contribution in [0.1, 0.15) is 26.7 Å². The van der Waals surface area contributed by atoms with Crippen LogP contribution in [0.5, 0.6) is 0 Å². The topological polar surface area (TPSA) is 18.5 Å². The molecule has 1 heterocycles. The molecule has 2 atom stereocenters. The second-order valence-corrected chi connectivity index (χ2v) is 4.46. The van der Waals surface area contributed by atoms with Crippen LogP contribution in [0, 0.1) is 0 Å². The Hall–Kier alpha value is -0.850. The zero-order valence-electron chi connectivity index (χ0n) is 10.1. The molecule has 0 N–H and O–H groups in total. The average molecular weight is 274 g/mol. The smallest absolute Gasteiger partial charge is 0.456 e. The second-order valence-electron chi connectivity index (χ2n) is 4.46. The molecule has 2 nitrogen and oxygen atoms in total. The Kier molecular flexibility index (Phi) is 4.58. The molecule has 18 heavy (non-hydrogen) atoms. The molecular formula is C11H15F5O2. The molecule has 0 radical (unpaired) electrons. The fourth-order valence-corrected chi connectivity index (χ4v) is 1.49. The predicted octanol–water partition coefficient (Wildman–Crippen LogP) is 3.67. The van der Waals surface area contributed by atoms with Crippen LogP contribution in [0.3, 0.4) is 0 Å². The molecule has 7 heteroatoms. The van der Waals surface area contributed by atoms with Gasteiger partial charge in [0, 0.05) is 12.8 Å². The second kappa shape index (κ2) is 5.42. The standard InChI is InChI=1S/C11H15F5O2/c1-7(2)6-17-4-3-8-5-9(18-8)10(12,13)11(14,15)16/h6,8-9H,3-5H2,1-2H3. The lowest BCUT2D eigenvalue weighted by Gasteiger charge is -2.40. The van der Waals surface area contributed by atoms with Crippen LogP contribution < -0.4 is 0 Å². The fraction of sp³-hybridized carbons (Fsp3) is 0.818. The van der Waals surface area contributed by atoms with E-state index in [1.807, 2.05) is 13.8 Å². The maximum Gasteiger partial charge on any atom is 0.456 e. The quantitative estimate of drug-likeness (QED) is 0.432. The maximum atomic E-state index is 12.8. The van der Waals surface area contributed by atoms with Crippen molar-refractivity contribution >= 4 is 0 Å². The molecule has 0 amide bonds. The first-order valence-electron chi connectivity index (χ1n) is 5.49. The average Bonchev–Trinajstić information content (AvgIpc) is 2.11. The fourth-order valence-electron chi connectivity index (χ4n) is 1.49. The molecule has 1 fully saturated rings. The Morgan fingerprint density at radius 3 is 2.28 bits per heavy atom. The first-order valence-corrected chi connectivity index (χ1v) is 5.49. The summed E-state index contributed by atoms with van der Waals surface area (Å²) in [6.07, 6.45) is -6.71. The Morgan fingerprint density at radius 1 is 1.28 bits per heavy atom. The van der Waals surface area contributed by atoms with Crippen molar-refractivity contribution in [1.82, 2.24) is 0 Å². The van der Waals surface area contributed by atoms with Crippen molar-refractivity contribution in [3.8, 4) is 0 Å². The van der Waals surface area contributed by atoms with Gasteiger partial charge in [-0.05, 0) is 19.4 Å². The maximum absolute atomic E-state index is 12.8. The van der Waals surface area contributed by atoms with Crippen molar-refractivity contribution in [3.05, 3.63) is 11.8 Å². The van der Waals surface area contributed by atoms with Crippen molar-refractivity contribution in [3.63, 3.8) is 0 Å². The molecule has 1 aliphatic heterocycles. The molecule has 0 saturated carbocycles. The van der Waals surface area contributed by atoms with Crippen molar-refractivity contribution in [2.75, 3.05) is 6.61 Å². The Labute approximate surface area is 102 Å². The number of alkyl halides is 5. The lowest BCUT2D eigenvalue weighted by molar-refractivity contribution is -0.350. The Balaban J connectivity index is 2.26. The molecule has 1 aliphatic rings. The number of hydrogen-bond acceptors (Lipinski definition) is 2. The molecule has 0 aromatic carbocycles. The highest BCUT2D eigenvalue weighted by Gasteiger charge is 2.65. The van der Waals surface area contributed by atoms with Gasteiger partial charge in [-0.15, -0.1) is 0 Å². The van der Waals surface area contributed by atoms with E-state index in [1.54, 1.807) is 0 Å². The molecule has 0 bridgehead atoms. The first-order chi connectivity index (χ1) is 8.14. The minimum atomic E-state index is -5.55. The zero-order valence-corrected chi connectivity index (χ0v) is 10.1. The summed E-state index contributed by atoms with van der Waals surface area (Å²) in [6, 6.07) is 0. The van der Waals surface area contributed by atoms with Crippen molar-refractivity contribution < 1.29 is 31.4 Å². The first kappa shape index (κ1) is 15.2. The van der Waals surface area contributed by atoms with E-state index in [1.165, 1.54) is 6.26 Å². The van der Waals surface area contributed by atoms with Gasteiger partial charge in [-0.3, -0.25) is 0 Å². The van der Waals surface area contributed by atoms with Crippen LogP contribution in [0.4, 0.5) is 22.0 Å². The van der Waals surface area contributed by atoms with Gasteiger partial charge in [0.25, 0.3) is 0 Å². The predicted molar refractivity (Wildman–Crippen MR) is 54.3 cm³/mol. The Morgan fingerprint density at radius 2 is 1.83 bits per heavy atom. The molecule has 106 valence electrons. The summed E-state index contributed by atoms with van der Waals surface area (Å²) in [5.41, 5.74) is 0.936. The minimum Gasteiger partial charge on any atom is -0.501 e. The van der Waals surface area contributed by atoms with Gasteiger partial charge in [0.15, 0.2) is 0 Å². The van der Waals surface area contributed by atoms with E-state index in [-0.39, 0.29) is 13.0 Å². The lowest BCUT2D eigenvalue weighted by atomic mass is 9.97. The normalized spacial score (nSPS) is 24.4. The van der Waals surface area contributed by atoms with Crippen molar-refractivity contribution in [2.24, 2.45) is 0 Å². The number of hydrogen-bond donors (Lipinski definition) is 0. The molecular weight excluding hydrogens is 259 g/mol. The van der Waals surface area contributed by atoms with E-state index in [0.29, 0.717) is 6.42 Å². The van der Waals surface area contributed by atoms with Gasteiger partial charge in [0.05, 0.1) is 19.0 Å². The van der Waals surface area contributed by atoms with E-state index < -0.39 is 24.3 Å². The van der Waals surface area contributed by atoms with Crippen LogP contribution in [0.2, 0.25) is 0 Å². The molecule has 1 saturated heterocycles. The summed E-state index contributed by atoms with van der Waals surface area (Å²) in [5.74, 6) is -4.77. The zero-order chi connectivity index (χ0) is 14.0. The SMILES string of the molecule is CC(C)=COCCC1CC(C(F)(F)C(F)(F)F)O1. The molecule has 0 aromatic heterocycles. The van der Waals surface area contributed by atoms with Gasteiger partial charge in [-0.25, -0.2) is 0 Å². The van der Waals surface area contributed by atoms with Crippen LogP contribution in [-0.2, 0) is 9.47 Å². The Bertz CT molecular complexity index is 301. The highest BCUT2D eigenvalue weighted by Crippen LogP contribution is 2.45. The minimum absolute atomic E-state index is 0.236. The van der Waals surface area contributed by atoms with E-state index in [2.05, 4.69) is 4.74 Å². The summed E-state index contributed by atoms with van der Waals surface area (Å²) < 4.78 is 71.0. The van der Waals surface area contributed by atoms with Gasteiger partial charge < -0.3 is 9.47 Å². The number of allylic oxidation sites excluding steroid dienone is 1.